The van der Waals surface area contributed by atoms with E-state index in [1.165, 1.54) is 18.6 Å². The van der Waals surface area contributed by atoms with Crippen molar-refractivity contribution in [3.8, 4) is 0 Å². The molecule has 0 radical (unpaired) electrons. The molecule has 2 unspecified atom stereocenters. The highest BCUT2D eigenvalue weighted by molar-refractivity contribution is 8.00. The van der Waals surface area contributed by atoms with Gasteiger partial charge < -0.3 is 9.67 Å². The Morgan fingerprint density at radius 2 is 2.31 bits per heavy atom. The summed E-state index contributed by atoms with van der Waals surface area (Å²) in [6, 6.07) is 0. The van der Waals surface area contributed by atoms with Gasteiger partial charge in [0.25, 0.3) is 0 Å². The van der Waals surface area contributed by atoms with E-state index in [4.69, 9.17) is 0 Å². The van der Waals surface area contributed by atoms with E-state index in [1.807, 2.05) is 0 Å². The van der Waals surface area contributed by atoms with Crippen LogP contribution in [0, 0.1) is 0 Å². The standard InChI is InChI=1S/C11H17N3OS/c15-8-3-4-14-10(6-8)12-13-11(14)7-9-2-1-5-16-9/h8-9,15H,1-7H2. The van der Waals surface area contributed by atoms with Crippen molar-refractivity contribution in [2.45, 2.75) is 50.0 Å². The number of rotatable bonds is 2. The fraction of sp³-hybridized carbons (Fsp3) is 0.818. The fourth-order valence-corrected chi connectivity index (χ4v) is 3.80. The molecule has 2 aliphatic rings. The Hall–Kier alpha value is -0.550. The van der Waals surface area contributed by atoms with E-state index in [2.05, 4.69) is 26.5 Å². The molecular formula is C11H17N3OS. The molecule has 88 valence electrons. The summed E-state index contributed by atoms with van der Waals surface area (Å²) >= 11 is 2.06. The molecule has 2 aliphatic heterocycles. The lowest BCUT2D eigenvalue weighted by Crippen LogP contribution is -2.25. The highest BCUT2D eigenvalue weighted by atomic mass is 32.2. The minimum Gasteiger partial charge on any atom is -0.393 e. The van der Waals surface area contributed by atoms with Crippen molar-refractivity contribution in [1.82, 2.24) is 14.8 Å². The van der Waals surface area contributed by atoms with Crippen LogP contribution in [0.2, 0.25) is 0 Å². The molecule has 0 amide bonds. The molecule has 0 spiro atoms. The van der Waals surface area contributed by atoms with E-state index in [1.54, 1.807) is 0 Å². The van der Waals surface area contributed by atoms with E-state index in [9.17, 15) is 5.11 Å². The molecule has 0 aromatic carbocycles. The number of aliphatic hydroxyl groups is 1. The molecule has 0 aliphatic carbocycles. The van der Waals surface area contributed by atoms with Gasteiger partial charge in [-0.05, 0) is 25.0 Å². The molecule has 3 heterocycles. The smallest absolute Gasteiger partial charge is 0.135 e. The summed E-state index contributed by atoms with van der Waals surface area (Å²) < 4.78 is 2.21. The molecule has 16 heavy (non-hydrogen) atoms. The predicted octanol–water partition coefficient (Wildman–Crippen LogP) is 1.02. The third-order valence-electron chi connectivity index (χ3n) is 3.44. The minimum atomic E-state index is -0.217. The SMILES string of the molecule is OC1CCn2c(nnc2CC2CCCS2)C1. The highest BCUT2D eigenvalue weighted by Gasteiger charge is 2.24. The summed E-state index contributed by atoms with van der Waals surface area (Å²) in [6.07, 6.45) is 5.00. The maximum atomic E-state index is 9.56. The molecule has 1 saturated heterocycles. The van der Waals surface area contributed by atoms with Crippen molar-refractivity contribution in [1.29, 1.82) is 0 Å². The van der Waals surface area contributed by atoms with Crippen molar-refractivity contribution in [3.63, 3.8) is 0 Å². The van der Waals surface area contributed by atoms with Crippen LogP contribution in [0.15, 0.2) is 0 Å². The average Bonchev–Trinajstić information content (AvgIpc) is 2.89. The number of aromatic nitrogens is 3. The van der Waals surface area contributed by atoms with E-state index in [0.29, 0.717) is 6.42 Å². The van der Waals surface area contributed by atoms with Crippen LogP contribution in [0.4, 0.5) is 0 Å². The normalized spacial score (nSPS) is 29.3. The van der Waals surface area contributed by atoms with Crippen molar-refractivity contribution in [2.75, 3.05) is 5.75 Å². The third-order valence-corrected chi connectivity index (χ3v) is 4.84. The molecular weight excluding hydrogens is 222 g/mol. The Morgan fingerprint density at radius 3 is 3.12 bits per heavy atom. The van der Waals surface area contributed by atoms with Crippen LogP contribution >= 0.6 is 11.8 Å². The molecule has 1 fully saturated rings. The summed E-state index contributed by atoms with van der Waals surface area (Å²) in [7, 11) is 0. The van der Waals surface area contributed by atoms with Crippen LogP contribution in [0.25, 0.3) is 0 Å². The number of hydrogen-bond donors (Lipinski definition) is 1. The van der Waals surface area contributed by atoms with Gasteiger partial charge in [0.1, 0.15) is 11.6 Å². The zero-order valence-electron chi connectivity index (χ0n) is 9.30. The van der Waals surface area contributed by atoms with Crippen LogP contribution < -0.4 is 0 Å². The summed E-state index contributed by atoms with van der Waals surface area (Å²) in [5.74, 6) is 3.39. The van der Waals surface area contributed by atoms with Gasteiger partial charge in [0, 0.05) is 24.6 Å². The average molecular weight is 239 g/mol. The summed E-state index contributed by atoms with van der Waals surface area (Å²) in [5, 5.41) is 18.8. The molecule has 1 aromatic rings. The molecule has 0 saturated carbocycles. The van der Waals surface area contributed by atoms with Gasteiger partial charge in [-0.15, -0.1) is 10.2 Å². The van der Waals surface area contributed by atoms with Gasteiger partial charge in [-0.2, -0.15) is 11.8 Å². The second-order valence-corrected chi connectivity index (χ2v) is 6.08. The van der Waals surface area contributed by atoms with Crippen molar-refractivity contribution < 1.29 is 5.11 Å². The first kappa shape index (κ1) is 10.6. The number of fused-ring (bicyclic) bond motifs is 1. The zero-order valence-corrected chi connectivity index (χ0v) is 10.1. The largest absolute Gasteiger partial charge is 0.393 e. The fourth-order valence-electron chi connectivity index (χ4n) is 2.53. The van der Waals surface area contributed by atoms with Gasteiger partial charge in [-0.25, -0.2) is 0 Å². The number of nitrogens with zero attached hydrogens (tertiary/aromatic N) is 3. The minimum absolute atomic E-state index is 0.217. The number of aliphatic hydroxyl groups excluding tert-OH is 1. The second-order valence-electron chi connectivity index (χ2n) is 4.67. The topological polar surface area (TPSA) is 50.9 Å². The Labute approximate surface area is 99.4 Å². The molecule has 1 N–H and O–H groups in total. The van der Waals surface area contributed by atoms with E-state index in [0.717, 1.165) is 36.3 Å². The van der Waals surface area contributed by atoms with Crippen molar-refractivity contribution in [3.05, 3.63) is 11.6 Å². The van der Waals surface area contributed by atoms with Gasteiger partial charge in [0.15, 0.2) is 0 Å². The van der Waals surface area contributed by atoms with Crippen LogP contribution in [0.1, 0.15) is 30.9 Å². The lowest BCUT2D eigenvalue weighted by Gasteiger charge is -2.20. The van der Waals surface area contributed by atoms with Crippen molar-refractivity contribution >= 4 is 11.8 Å². The quantitative estimate of drug-likeness (QED) is 0.837. The van der Waals surface area contributed by atoms with Gasteiger partial charge in [0.05, 0.1) is 6.10 Å². The van der Waals surface area contributed by atoms with Gasteiger partial charge in [-0.1, -0.05) is 0 Å². The molecule has 0 bridgehead atoms. The van der Waals surface area contributed by atoms with E-state index < -0.39 is 0 Å². The third kappa shape index (κ3) is 1.98. The second kappa shape index (κ2) is 4.37. The molecule has 1 aromatic heterocycles. The summed E-state index contributed by atoms with van der Waals surface area (Å²) in [4.78, 5) is 0. The monoisotopic (exact) mass is 239 g/mol. The van der Waals surface area contributed by atoms with E-state index in [-0.39, 0.29) is 6.10 Å². The summed E-state index contributed by atoms with van der Waals surface area (Å²) in [5.41, 5.74) is 0. The number of hydrogen-bond acceptors (Lipinski definition) is 4. The molecule has 3 rings (SSSR count). The molecule has 2 atom stereocenters. The highest BCUT2D eigenvalue weighted by Crippen LogP contribution is 2.29. The lowest BCUT2D eigenvalue weighted by molar-refractivity contribution is 0.141. The van der Waals surface area contributed by atoms with Crippen LogP contribution in [-0.2, 0) is 19.4 Å². The Kier molecular flexibility index (Phi) is 2.90. The molecule has 4 nitrogen and oxygen atoms in total. The first-order valence-electron chi connectivity index (χ1n) is 6.03. The maximum absolute atomic E-state index is 9.56. The van der Waals surface area contributed by atoms with Gasteiger partial charge in [0.2, 0.25) is 0 Å². The van der Waals surface area contributed by atoms with Gasteiger partial charge in [-0.3, -0.25) is 0 Å². The summed E-state index contributed by atoms with van der Waals surface area (Å²) in [6.45, 7) is 0.885. The van der Waals surface area contributed by atoms with Gasteiger partial charge >= 0.3 is 0 Å². The predicted molar refractivity (Wildman–Crippen MR) is 63.5 cm³/mol. The van der Waals surface area contributed by atoms with Crippen LogP contribution in [0.5, 0.6) is 0 Å². The number of thioether (sulfide) groups is 1. The Bertz CT molecular complexity index is 373. The van der Waals surface area contributed by atoms with Crippen molar-refractivity contribution in [2.24, 2.45) is 0 Å². The first-order chi connectivity index (χ1) is 7.83. The first-order valence-corrected chi connectivity index (χ1v) is 7.08. The Morgan fingerprint density at radius 1 is 1.38 bits per heavy atom. The zero-order chi connectivity index (χ0) is 11.0. The lowest BCUT2D eigenvalue weighted by atomic mass is 10.1. The maximum Gasteiger partial charge on any atom is 0.135 e. The van der Waals surface area contributed by atoms with Crippen LogP contribution in [-0.4, -0.2) is 37.0 Å². The van der Waals surface area contributed by atoms with E-state index >= 15 is 0 Å². The van der Waals surface area contributed by atoms with Crippen LogP contribution in [0.3, 0.4) is 0 Å². The molecule has 5 heteroatoms. The Balaban J connectivity index is 1.75.